The topological polar surface area (TPSA) is 0 Å². The van der Waals surface area contributed by atoms with Crippen molar-refractivity contribution in [1.82, 2.24) is 0 Å². The molecule has 0 saturated heterocycles. The molecule has 0 aliphatic heterocycles. The van der Waals surface area contributed by atoms with Crippen molar-refractivity contribution in [3.05, 3.63) is 18.6 Å². The van der Waals surface area contributed by atoms with E-state index in [0.717, 1.165) is 6.42 Å². The molecule has 0 heterocycles. The summed E-state index contributed by atoms with van der Waals surface area (Å²) in [4.78, 5) is 0. The Morgan fingerprint density at radius 3 is 2.29 bits per heavy atom. The summed E-state index contributed by atoms with van der Waals surface area (Å²) in [6.07, 6.45) is 4.28. The van der Waals surface area contributed by atoms with Crippen LogP contribution in [0.3, 0.4) is 0 Å². The van der Waals surface area contributed by atoms with Crippen molar-refractivity contribution in [2.75, 3.05) is 0 Å². The van der Waals surface area contributed by atoms with Crippen LogP contribution in [0.4, 0.5) is 0 Å². The Kier molecular flexibility index (Phi) is 3.77. The molecular weight excluding hydrogens is 84.1 g/mol. The molecule has 0 aromatic heterocycles. The molecule has 0 nitrogen and oxygen atoms in total. The van der Waals surface area contributed by atoms with Crippen LogP contribution in [-0.2, 0) is 0 Å². The molecule has 0 bridgehead atoms. The third kappa shape index (κ3) is 5.74. The van der Waals surface area contributed by atoms with Gasteiger partial charge in [-0.3, -0.25) is 0 Å². The first-order chi connectivity index (χ1) is 3.27. The molecule has 0 amide bonds. The summed E-state index contributed by atoms with van der Waals surface area (Å²) in [5, 5.41) is 0. The highest BCUT2D eigenvalue weighted by Gasteiger charge is 1.87. The predicted octanol–water partition coefficient (Wildman–Crippen LogP) is 2.57. The Labute approximate surface area is 46.2 Å². The van der Waals surface area contributed by atoms with E-state index in [0.29, 0.717) is 0 Å². The van der Waals surface area contributed by atoms with Crippen LogP contribution < -0.4 is 0 Å². The molecule has 0 fully saturated rings. The van der Waals surface area contributed by atoms with E-state index >= 15 is 0 Å². The van der Waals surface area contributed by atoms with Crippen molar-refractivity contribution >= 4 is 0 Å². The molecule has 0 aromatic carbocycles. The quantitative estimate of drug-likeness (QED) is 0.475. The molecule has 0 rings (SSSR count). The molecule has 0 heteroatoms. The maximum Gasteiger partial charge on any atom is -0.0300 e. The van der Waals surface area contributed by atoms with E-state index in [9.17, 15) is 0 Å². The van der Waals surface area contributed by atoms with Gasteiger partial charge in [-0.25, -0.2) is 0 Å². The second-order valence-electron chi connectivity index (χ2n) is 2.03. The Morgan fingerprint density at radius 1 is 1.57 bits per heavy atom. The summed E-state index contributed by atoms with van der Waals surface area (Å²) < 4.78 is 0. The summed E-state index contributed by atoms with van der Waals surface area (Å²) in [5.74, 6) is 1.49. The molecule has 0 unspecified atom stereocenters. The first-order valence-electron chi connectivity index (χ1n) is 2.67. The lowest BCUT2D eigenvalue weighted by Crippen LogP contribution is -1.79. The molecule has 0 saturated carbocycles. The van der Waals surface area contributed by atoms with Crippen LogP contribution >= 0.6 is 0 Å². The summed E-state index contributed by atoms with van der Waals surface area (Å²) >= 11 is 0. The Hall–Kier alpha value is -0.260. The van der Waals surface area contributed by atoms with E-state index in [1.54, 1.807) is 0 Å². The lowest BCUT2D eigenvalue weighted by Gasteiger charge is -1.96. The second-order valence-corrected chi connectivity index (χ2v) is 2.03. The van der Waals surface area contributed by atoms with Crippen molar-refractivity contribution < 1.29 is 0 Å². The molecule has 0 N–H and O–H groups in total. The predicted molar refractivity (Wildman–Crippen MR) is 34.0 cm³/mol. The summed E-state index contributed by atoms with van der Waals surface area (Å²) in [6.45, 7) is 7.90. The third-order valence-corrected chi connectivity index (χ3v) is 0.848. The van der Waals surface area contributed by atoms with Crippen molar-refractivity contribution in [2.24, 2.45) is 0 Å². The highest BCUT2D eigenvalue weighted by atomic mass is 13.9. The Bertz CT molecular complexity index is 44.0. The minimum absolute atomic E-state index is 1.13. The standard InChI is InChI=1S/C7H13/c1-4-5-6-7(2)3/h4H,1,5-6H2,2-3H3. The van der Waals surface area contributed by atoms with Crippen molar-refractivity contribution in [3.8, 4) is 0 Å². The number of hydrogen-bond acceptors (Lipinski definition) is 0. The van der Waals surface area contributed by atoms with Gasteiger partial charge in [-0.15, -0.1) is 6.58 Å². The van der Waals surface area contributed by atoms with E-state index in [1.807, 2.05) is 6.08 Å². The largest absolute Gasteiger partial charge is 0.103 e. The zero-order valence-electron chi connectivity index (χ0n) is 5.20. The monoisotopic (exact) mass is 97.1 g/mol. The van der Waals surface area contributed by atoms with Gasteiger partial charge in [0.1, 0.15) is 0 Å². The van der Waals surface area contributed by atoms with Crippen LogP contribution in [0.5, 0.6) is 0 Å². The van der Waals surface area contributed by atoms with Gasteiger partial charge in [-0.1, -0.05) is 19.9 Å². The Balaban J connectivity index is 2.81. The number of rotatable bonds is 3. The SMILES string of the molecule is C=CCC[C](C)C. The van der Waals surface area contributed by atoms with Crippen molar-refractivity contribution in [3.63, 3.8) is 0 Å². The molecule has 0 aromatic rings. The van der Waals surface area contributed by atoms with Gasteiger partial charge in [0.2, 0.25) is 0 Å². The van der Waals surface area contributed by atoms with Gasteiger partial charge >= 0.3 is 0 Å². The van der Waals surface area contributed by atoms with Crippen molar-refractivity contribution in [2.45, 2.75) is 26.7 Å². The average Bonchev–Trinajstić information content (AvgIpc) is 1.61. The zero-order chi connectivity index (χ0) is 5.70. The first-order valence-corrected chi connectivity index (χ1v) is 2.67. The van der Waals surface area contributed by atoms with E-state index in [4.69, 9.17) is 0 Å². The fraction of sp³-hybridized carbons (Fsp3) is 0.571. The van der Waals surface area contributed by atoms with Gasteiger partial charge in [-0.05, 0) is 18.8 Å². The van der Waals surface area contributed by atoms with Gasteiger partial charge in [0, 0.05) is 0 Å². The van der Waals surface area contributed by atoms with Gasteiger partial charge in [-0.2, -0.15) is 0 Å². The number of allylic oxidation sites excluding steroid dienone is 1. The molecule has 1 radical (unpaired) electrons. The lowest BCUT2D eigenvalue weighted by atomic mass is 10.1. The normalized spacial score (nSPS) is 9.57. The highest BCUT2D eigenvalue weighted by molar-refractivity contribution is 4.80. The molecule has 41 valence electrons. The van der Waals surface area contributed by atoms with E-state index in [2.05, 4.69) is 20.4 Å². The van der Waals surface area contributed by atoms with Crippen LogP contribution in [0.25, 0.3) is 0 Å². The lowest BCUT2D eigenvalue weighted by molar-refractivity contribution is 0.853. The number of hydrogen-bond donors (Lipinski definition) is 0. The summed E-state index contributed by atoms with van der Waals surface area (Å²) in [5.41, 5.74) is 0. The average molecular weight is 97.2 g/mol. The zero-order valence-corrected chi connectivity index (χ0v) is 5.20. The minimum atomic E-state index is 1.13. The fourth-order valence-electron chi connectivity index (χ4n) is 0.391. The van der Waals surface area contributed by atoms with Gasteiger partial charge in [0.05, 0.1) is 0 Å². The molecule has 0 aliphatic carbocycles. The van der Waals surface area contributed by atoms with Crippen LogP contribution in [-0.4, -0.2) is 0 Å². The van der Waals surface area contributed by atoms with E-state index in [-0.39, 0.29) is 0 Å². The van der Waals surface area contributed by atoms with E-state index < -0.39 is 0 Å². The van der Waals surface area contributed by atoms with Gasteiger partial charge in [0.25, 0.3) is 0 Å². The van der Waals surface area contributed by atoms with Crippen LogP contribution in [0.1, 0.15) is 26.7 Å². The first kappa shape index (κ1) is 6.74. The van der Waals surface area contributed by atoms with Crippen LogP contribution in [0.2, 0.25) is 0 Å². The van der Waals surface area contributed by atoms with Gasteiger partial charge in [0.15, 0.2) is 0 Å². The molecular formula is C7H13. The Morgan fingerprint density at radius 2 is 2.14 bits per heavy atom. The van der Waals surface area contributed by atoms with Crippen molar-refractivity contribution in [1.29, 1.82) is 0 Å². The maximum absolute atomic E-state index is 3.62. The van der Waals surface area contributed by atoms with Gasteiger partial charge < -0.3 is 0 Å². The smallest absolute Gasteiger partial charge is 0.0300 e. The van der Waals surface area contributed by atoms with Crippen LogP contribution in [0, 0.1) is 5.92 Å². The summed E-state index contributed by atoms with van der Waals surface area (Å²) in [6, 6.07) is 0. The highest BCUT2D eigenvalue weighted by Crippen LogP contribution is 2.04. The molecule has 0 aliphatic rings. The maximum atomic E-state index is 3.62. The molecule has 0 atom stereocenters. The molecule has 7 heavy (non-hydrogen) atoms. The fourth-order valence-corrected chi connectivity index (χ4v) is 0.391. The summed E-state index contributed by atoms with van der Waals surface area (Å²) in [7, 11) is 0. The van der Waals surface area contributed by atoms with E-state index in [1.165, 1.54) is 12.3 Å². The second kappa shape index (κ2) is 3.91. The van der Waals surface area contributed by atoms with Crippen LogP contribution in [0.15, 0.2) is 12.7 Å². The third-order valence-electron chi connectivity index (χ3n) is 0.848. The molecule has 0 spiro atoms. The minimum Gasteiger partial charge on any atom is -0.103 e.